The molecule has 8 heteroatoms. The molecule has 1 aromatic heterocycles. The quantitative estimate of drug-likeness (QED) is 0.743. The fourth-order valence-electron chi connectivity index (χ4n) is 2.88. The Morgan fingerprint density at radius 3 is 2.26 bits per heavy atom. The first-order chi connectivity index (χ1) is 12.7. The maximum atomic E-state index is 13.3. The summed E-state index contributed by atoms with van der Waals surface area (Å²) >= 11 is 0. The van der Waals surface area contributed by atoms with Crippen LogP contribution in [0.3, 0.4) is 0 Å². The van der Waals surface area contributed by atoms with Gasteiger partial charge in [0.1, 0.15) is 17.3 Å². The van der Waals surface area contributed by atoms with Crippen LogP contribution >= 0.6 is 0 Å². The minimum atomic E-state index is -3.82. The maximum absolute atomic E-state index is 13.3. The zero-order valence-corrected chi connectivity index (χ0v) is 17.1. The van der Waals surface area contributed by atoms with Gasteiger partial charge in [-0.15, -0.1) is 0 Å². The molecule has 7 nitrogen and oxygen atoms in total. The van der Waals surface area contributed by atoms with Crippen LogP contribution in [0.4, 0.5) is 5.82 Å². The highest BCUT2D eigenvalue weighted by Gasteiger charge is 2.30. The molecule has 0 spiro atoms. The molecule has 148 valence electrons. The molecule has 2 rings (SSSR count). The predicted molar refractivity (Wildman–Crippen MR) is 103 cm³/mol. The van der Waals surface area contributed by atoms with Gasteiger partial charge in [0, 0.05) is 26.5 Å². The van der Waals surface area contributed by atoms with Crippen molar-refractivity contribution in [2.45, 2.75) is 37.1 Å². The highest BCUT2D eigenvalue weighted by Crippen LogP contribution is 2.35. The lowest BCUT2D eigenvalue weighted by atomic mass is 10.2. The molecule has 0 saturated heterocycles. The fraction of sp³-hybridized carbons (Fsp3) is 0.421. The van der Waals surface area contributed by atoms with E-state index in [9.17, 15) is 13.2 Å². The van der Waals surface area contributed by atoms with E-state index in [0.717, 1.165) is 11.3 Å². The normalized spacial score (nSPS) is 11.6. The number of nitrogens with zero attached hydrogens (tertiary/aromatic N) is 1. The van der Waals surface area contributed by atoms with Crippen LogP contribution in [-0.4, -0.2) is 46.3 Å². The summed E-state index contributed by atoms with van der Waals surface area (Å²) in [6.45, 7) is 6.08. The van der Waals surface area contributed by atoms with E-state index in [1.54, 1.807) is 42.9 Å². The Labute approximate surface area is 160 Å². The molecule has 0 atom stereocenters. The number of aromatic nitrogens is 1. The third-order valence-corrected chi connectivity index (χ3v) is 6.36. The molecule has 0 saturated carbocycles. The molecule has 1 amide bonds. The van der Waals surface area contributed by atoms with Crippen molar-refractivity contribution in [1.82, 2.24) is 4.57 Å². The molecule has 0 aliphatic rings. The summed E-state index contributed by atoms with van der Waals surface area (Å²) in [6.07, 6.45) is 0. The number of nitrogens with one attached hydrogen (secondary N) is 1. The second-order valence-corrected chi connectivity index (χ2v) is 8.22. The number of amides is 1. The number of methoxy groups -OCH3 is 2. The smallest absolute Gasteiger partial charge is 0.251 e. The van der Waals surface area contributed by atoms with Gasteiger partial charge in [0.25, 0.3) is 5.91 Å². The minimum Gasteiger partial charge on any atom is -0.383 e. The van der Waals surface area contributed by atoms with Gasteiger partial charge in [0.05, 0.1) is 11.5 Å². The summed E-state index contributed by atoms with van der Waals surface area (Å²) in [5, 5.41) is 2.70. The van der Waals surface area contributed by atoms with Gasteiger partial charge >= 0.3 is 0 Å². The third kappa shape index (κ3) is 4.40. The summed E-state index contributed by atoms with van der Waals surface area (Å²) in [4.78, 5) is 12.4. The molecular formula is C19H26N2O5S. The predicted octanol–water partition coefficient (Wildman–Crippen LogP) is 2.48. The summed E-state index contributed by atoms with van der Waals surface area (Å²) < 4.78 is 38.4. The zero-order chi connectivity index (χ0) is 20.2. The van der Waals surface area contributed by atoms with Gasteiger partial charge in [-0.1, -0.05) is 17.7 Å². The molecule has 1 N–H and O–H groups in total. The Balaban J connectivity index is 2.66. The molecule has 1 heterocycles. The average Bonchev–Trinajstić information content (AvgIpc) is 2.84. The first-order valence-corrected chi connectivity index (χ1v) is 10.0. The first kappa shape index (κ1) is 21.1. The first-order valence-electron chi connectivity index (χ1n) is 8.53. The third-order valence-electron chi connectivity index (χ3n) is 4.43. The van der Waals surface area contributed by atoms with Crippen molar-refractivity contribution in [2.75, 3.05) is 32.8 Å². The number of sulfone groups is 1. The molecule has 0 aliphatic carbocycles. The molecular weight excluding hydrogens is 368 g/mol. The van der Waals surface area contributed by atoms with Crippen molar-refractivity contribution in [2.24, 2.45) is 0 Å². The lowest BCUT2D eigenvalue weighted by Gasteiger charge is -2.14. The number of ether oxygens (including phenoxy) is 2. The van der Waals surface area contributed by atoms with E-state index in [1.165, 1.54) is 7.11 Å². The standard InChI is InChI=1S/C19H26N2O5S/c1-13-6-8-16(9-7-13)27(23,24)18-14(2)15(3)21(10-11-25-4)19(18)20-17(22)12-26-5/h6-9H,10-12H2,1-5H3,(H,20,22). The molecule has 0 radical (unpaired) electrons. The number of carbonyl (C=O) groups is 1. The van der Waals surface area contributed by atoms with Crippen molar-refractivity contribution in [3.05, 3.63) is 41.1 Å². The van der Waals surface area contributed by atoms with Gasteiger partial charge in [-0.05, 0) is 38.5 Å². The largest absolute Gasteiger partial charge is 0.383 e. The number of anilines is 1. The minimum absolute atomic E-state index is 0.101. The van der Waals surface area contributed by atoms with Gasteiger partial charge in [-0.25, -0.2) is 8.42 Å². The molecule has 2 aromatic rings. The topological polar surface area (TPSA) is 86.6 Å². The zero-order valence-electron chi connectivity index (χ0n) is 16.3. The van der Waals surface area contributed by atoms with Crippen molar-refractivity contribution >= 4 is 21.6 Å². The number of rotatable bonds is 8. The molecule has 0 fully saturated rings. The van der Waals surface area contributed by atoms with Crippen LogP contribution in [0, 0.1) is 20.8 Å². The lowest BCUT2D eigenvalue weighted by molar-refractivity contribution is -0.119. The Hall–Kier alpha value is -2.16. The Morgan fingerprint density at radius 2 is 1.70 bits per heavy atom. The number of aryl methyl sites for hydroxylation is 1. The summed E-state index contributed by atoms with van der Waals surface area (Å²) in [5.41, 5.74) is 2.32. The highest BCUT2D eigenvalue weighted by molar-refractivity contribution is 7.91. The highest BCUT2D eigenvalue weighted by atomic mass is 32.2. The summed E-state index contributed by atoms with van der Waals surface area (Å²) in [7, 11) is -0.846. The van der Waals surface area contributed by atoms with Gasteiger partial charge in [0.15, 0.2) is 0 Å². The van der Waals surface area contributed by atoms with E-state index < -0.39 is 15.7 Å². The number of benzene rings is 1. The van der Waals surface area contributed by atoms with Crippen molar-refractivity contribution < 1.29 is 22.7 Å². The van der Waals surface area contributed by atoms with Crippen molar-refractivity contribution in [3.8, 4) is 0 Å². The van der Waals surface area contributed by atoms with E-state index >= 15 is 0 Å². The van der Waals surface area contributed by atoms with E-state index in [4.69, 9.17) is 9.47 Å². The second kappa shape index (κ2) is 8.69. The molecule has 0 unspecified atom stereocenters. The van der Waals surface area contributed by atoms with E-state index in [1.807, 2.05) is 13.8 Å². The van der Waals surface area contributed by atoms with Crippen LogP contribution in [-0.2, 0) is 30.7 Å². The number of hydrogen-bond acceptors (Lipinski definition) is 5. The van der Waals surface area contributed by atoms with Crippen LogP contribution in [0.15, 0.2) is 34.1 Å². The van der Waals surface area contributed by atoms with Gasteiger partial charge in [-0.3, -0.25) is 4.79 Å². The Bertz CT molecular complexity index is 915. The van der Waals surface area contributed by atoms with E-state index in [-0.39, 0.29) is 22.2 Å². The monoisotopic (exact) mass is 394 g/mol. The van der Waals surface area contributed by atoms with Crippen LogP contribution in [0.1, 0.15) is 16.8 Å². The van der Waals surface area contributed by atoms with E-state index in [2.05, 4.69) is 5.32 Å². The van der Waals surface area contributed by atoms with Crippen molar-refractivity contribution in [1.29, 1.82) is 0 Å². The number of hydrogen-bond donors (Lipinski definition) is 1. The maximum Gasteiger partial charge on any atom is 0.251 e. The van der Waals surface area contributed by atoms with Crippen LogP contribution < -0.4 is 5.32 Å². The Morgan fingerprint density at radius 1 is 1.07 bits per heavy atom. The fourth-order valence-corrected chi connectivity index (χ4v) is 4.58. The van der Waals surface area contributed by atoms with Gasteiger partial charge in [-0.2, -0.15) is 0 Å². The second-order valence-electron chi connectivity index (χ2n) is 6.33. The number of carbonyl (C=O) groups excluding carboxylic acids is 1. The lowest BCUT2D eigenvalue weighted by Crippen LogP contribution is -2.22. The van der Waals surface area contributed by atoms with Crippen LogP contribution in [0.2, 0.25) is 0 Å². The molecule has 27 heavy (non-hydrogen) atoms. The van der Waals surface area contributed by atoms with E-state index in [0.29, 0.717) is 18.7 Å². The van der Waals surface area contributed by atoms with Gasteiger partial charge in [0.2, 0.25) is 9.84 Å². The Kier molecular flexibility index (Phi) is 6.80. The summed E-state index contributed by atoms with van der Waals surface area (Å²) in [5.74, 6) is -0.182. The molecule has 0 bridgehead atoms. The molecule has 1 aromatic carbocycles. The van der Waals surface area contributed by atoms with Crippen LogP contribution in [0.5, 0.6) is 0 Å². The average molecular weight is 394 g/mol. The van der Waals surface area contributed by atoms with Crippen molar-refractivity contribution in [3.63, 3.8) is 0 Å². The van der Waals surface area contributed by atoms with Crippen LogP contribution in [0.25, 0.3) is 0 Å². The SMILES string of the molecule is COCCn1c(C)c(C)c(S(=O)(=O)c2ccc(C)cc2)c1NC(=O)COC. The molecule has 0 aliphatic heterocycles. The van der Waals surface area contributed by atoms with Gasteiger partial charge < -0.3 is 19.4 Å². The summed E-state index contributed by atoms with van der Waals surface area (Å²) in [6, 6.07) is 6.65.